The number of nitrogens with one attached hydrogen (secondary N) is 3. The molecular formula is C50H52F2N10O6S. The highest BCUT2D eigenvalue weighted by Gasteiger charge is 2.47. The lowest BCUT2D eigenvalue weighted by molar-refractivity contribution is -0.140. The van der Waals surface area contributed by atoms with Crippen molar-refractivity contribution in [3.8, 4) is 11.1 Å². The SMILES string of the molecule is O=C1CCC(Nc2ccc(N3CCC(O)(CC(=O)N4CCC5(CC4)CN(c4ccc(-c6cc(F)c7c(c6)C(=O)N(C(C(=O)Nc6nccs6)c6ncn8c6CCC8)C7)cc4)C5)CC3)c(F)c2)C(=O)N1. The van der Waals surface area contributed by atoms with Gasteiger partial charge < -0.3 is 34.6 Å². The molecule has 5 aromatic rings. The van der Waals surface area contributed by atoms with Gasteiger partial charge in [-0.05, 0) is 98.5 Å². The predicted molar refractivity (Wildman–Crippen MR) is 253 cm³/mol. The first-order chi connectivity index (χ1) is 33.3. The Morgan fingerprint density at radius 2 is 1.67 bits per heavy atom. The highest BCUT2D eigenvalue weighted by molar-refractivity contribution is 7.13. The Morgan fingerprint density at radius 1 is 0.884 bits per heavy atom. The van der Waals surface area contributed by atoms with Crippen molar-refractivity contribution in [3.05, 3.63) is 107 Å². The number of likely N-dealkylation sites (tertiary alicyclic amines) is 1. The molecule has 6 aliphatic heterocycles. The number of aryl methyl sites for hydroxylation is 1. The zero-order valence-electron chi connectivity index (χ0n) is 37.9. The number of rotatable bonds is 11. The second kappa shape index (κ2) is 17.7. The molecule has 4 N–H and O–H groups in total. The fraction of sp³-hybridized carbons (Fsp3) is 0.420. The van der Waals surface area contributed by atoms with E-state index in [1.807, 2.05) is 38.6 Å². The van der Waals surface area contributed by atoms with E-state index >= 15 is 8.78 Å². The van der Waals surface area contributed by atoms with Gasteiger partial charge in [0.15, 0.2) is 11.2 Å². The molecule has 2 aromatic heterocycles. The van der Waals surface area contributed by atoms with Crippen LogP contribution in [0.4, 0.5) is 31.0 Å². The average molecular weight is 959 g/mol. The summed E-state index contributed by atoms with van der Waals surface area (Å²) in [6.45, 7) is 4.39. The Hall–Kier alpha value is -6.73. The van der Waals surface area contributed by atoms with E-state index in [4.69, 9.17) is 0 Å². The van der Waals surface area contributed by atoms with Crippen molar-refractivity contribution in [1.82, 2.24) is 29.7 Å². The molecule has 11 rings (SSSR count). The molecule has 5 amide bonds. The van der Waals surface area contributed by atoms with E-state index in [2.05, 4.69) is 30.8 Å². The van der Waals surface area contributed by atoms with E-state index < -0.39 is 47.0 Å². The number of fused-ring (bicyclic) bond motifs is 2. The minimum Gasteiger partial charge on any atom is -0.389 e. The second-order valence-electron chi connectivity index (χ2n) is 19.5. The van der Waals surface area contributed by atoms with Crippen molar-refractivity contribution in [2.75, 3.05) is 59.7 Å². The van der Waals surface area contributed by atoms with Crippen molar-refractivity contribution in [3.63, 3.8) is 0 Å². The minimum atomic E-state index is -1.18. The first-order valence-corrected chi connectivity index (χ1v) is 24.6. The van der Waals surface area contributed by atoms with E-state index in [0.29, 0.717) is 73.2 Å². The molecule has 0 saturated carbocycles. The highest BCUT2D eigenvalue weighted by Crippen LogP contribution is 2.44. The van der Waals surface area contributed by atoms with Gasteiger partial charge in [0, 0.05) is 97.4 Å². The summed E-state index contributed by atoms with van der Waals surface area (Å²) in [5.74, 6) is -2.67. The molecule has 0 radical (unpaired) electrons. The Morgan fingerprint density at radius 3 is 2.39 bits per heavy atom. The van der Waals surface area contributed by atoms with Gasteiger partial charge in [0.05, 0.1) is 36.3 Å². The first-order valence-electron chi connectivity index (χ1n) is 23.7. The van der Waals surface area contributed by atoms with E-state index in [-0.39, 0.29) is 47.7 Å². The molecule has 2 unspecified atom stereocenters. The van der Waals surface area contributed by atoms with Gasteiger partial charge >= 0.3 is 0 Å². The van der Waals surface area contributed by atoms with Crippen LogP contribution in [0.2, 0.25) is 0 Å². The molecule has 69 heavy (non-hydrogen) atoms. The molecule has 2 atom stereocenters. The summed E-state index contributed by atoms with van der Waals surface area (Å²) in [4.78, 5) is 81.4. The number of nitrogens with zero attached hydrogens (tertiary/aromatic N) is 7. The number of aliphatic hydroxyl groups is 1. The van der Waals surface area contributed by atoms with Crippen LogP contribution in [-0.2, 0) is 38.7 Å². The molecular weight excluding hydrogens is 907 g/mol. The standard InChI is InChI=1S/C50H52F2N10O6S/c51-36-23-31(22-34-35(36)26-62(47(34)67)44(46(66)57-48-53-15-21-69-48)43-40-2-1-16-60(40)29-54-43)30-3-6-33(7-4-30)61-27-49(28-61)11-17-59(18-12-49)42(64)25-50(68)13-19-58(20-14-50)39-9-5-32(24-37(39)52)55-38-8-10-41(63)56-45(38)65/h3-7,9,15,21-24,29,38,44,55,68H,1-2,8,10-14,16-20,25-28H2,(H,53,57,66)(H,56,63,65). The van der Waals surface area contributed by atoms with Gasteiger partial charge in [-0.3, -0.25) is 34.6 Å². The first kappa shape index (κ1) is 44.8. The summed E-state index contributed by atoms with van der Waals surface area (Å²) in [6.07, 6.45) is 7.84. The Bertz CT molecular complexity index is 2850. The van der Waals surface area contributed by atoms with Crippen LogP contribution in [0.5, 0.6) is 0 Å². The lowest BCUT2D eigenvalue weighted by atomic mass is 9.71. The number of imidazole rings is 1. The van der Waals surface area contributed by atoms with Crippen molar-refractivity contribution in [2.45, 2.75) is 88.6 Å². The fourth-order valence-electron chi connectivity index (χ4n) is 11.1. The molecule has 6 aliphatic rings. The van der Waals surface area contributed by atoms with Gasteiger partial charge in [0.25, 0.3) is 11.8 Å². The molecule has 0 bridgehead atoms. The zero-order valence-corrected chi connectivity index (χ0v) is 38.7. The van der Waals surface area contributed by atoms with Gasteiger partial charge in [0.1, 0.15) is 17.7 Å². The average Bonchev–Trinajstić information content (AvgIpc) is 4.15. The molecule has 8 heterocycles. The highest BCUT2D eigenvalue weighted by atomic mass is 32.1. The van der Waals surface area contributed by atoms with E-state index in [9.17, 15) is 29.1 Å². The summed E-state index contributed by atoms with van der Waals surface area (Å²) in [5.41, 5.74) is 3.95. The smallest absolute Gasteiger partial charge is 0.255 e. The second-order valence-corrected chi connectivity index (χ2v) is 20.4. The molecule has 19 heteroatoms. The maximum atomic E-state index is 16.0. The summed E-state index contributed by atoms with van der Waals surface area (Å²) >= 11 is 1.27. The van der Waals surface area contributed by atoms with Crippen LogP contribution in [-0.4, -0.2) is 110 Å². The number of carbonyl (C=O) groups excluding carboxylic acids is 5. The zero-order chi connectivity index (χ0) is 47.6. The fourth-order valence-corrected chi connectivity index (χ4v) is 11.7. The van der Waals surface area contributed by atoms with Crippen LogP contribution < -0.4 is 25.8 Å². The maximum Gasteiger partial charge on any atom is 0.255 e. The third kappa shape index (κ3) is 8.59. The number of amides is 5. The topological polar surface area (TPSA) is 185 Å². The molecule has 4 fully saturated rings. The number of halogens is 2. The van der Waals surface area contributed by atoms with Crippen LogP contribution in [0.1, 0.15) is 84.7 Å². The van der Waals surface area contributed by atoms with Crippen LogP contribution in [0.3, 0.4) is 0 Å². The molecule has 358 valence electrons. The Kier molecular flexibility index (Phi) is 11.5. The number of anilines is 4. The summed E-state index contributed by atoms with van der Waals surface area (Å²) in [7, 11) is 0. The van der Waals surface area contributed by atoms with Crippen LogP contribution in [0.15, 0.2) is 72.5 Å². The monoisotopic (exact) mass is 958 g/mol. The number of benzene rings is 3. The lowest BCUT2D eigenvalue weighted by Gasteiger charge is -2.55. The lowest BCUT2D eigenvalue weighted by Crippen LogP contribution is -2.61. The molecule has 3 aromatic carbocycles. The van der Waals surface area contributed by atoms with Crippen molar-refractivity contribution in [2.24, 2.45) is 5.41 Å². The summed E-state index contributed by atoms with van der Waals surface area (Å²) < 4.78 is 33.3. The largest absolute Gasteiger partial charge is 0.389 e. The quantitative estimate of drug-likeness (QED) is 0.120. The van der Waals surface area contributed by atoms with E-state index in [1.165, 1.54) is 28.4 Å². The number of thiazole rings is 1. The maximum absolute atomic E-state index is 16.0. The van der Waals surface area contributed by atoms with Crippen LogP contribution >= 0.6 is 11.3 Å². The molecule has 16 nitrogen and oxygen atoms in total. The normalized spacial score (nSPS) is 20.9. The number of aromatic nitrogens is 3. The number of imide groups is 1. The van der Waals surface area contributed by atoms with Gasteiger partial charge in [-0.1, -0.05) is 12.1 Å². The minimum absolute atomic E-state index is 0.0166. The summed E-state index contributed by atoms with van der Waals surface area (Å²) in [5, 5.41) is 21.8. The van der Waals surface area contributed by atoms with Crippen LogP contribution in [0.25, 0.3) is 11.1 Å². The number of hydrogen-bond acceptors (Lipinski definition) is 12. The predicted octanol–water partition coefficient (Wildman–Crippen LogP) is 5.63. The van der Waals surface area contributed by atoms with Crippen molar-refractivity contribution in [1.29, 1.82) is 0 Å². The van der Waals surface area contributed by atoms with Crippen molar-refractivity contribution < 1.29 is 37.9 Å². The third-order valence-electron chi connectivity index (χ3n) is 15.1. The van der Waals surface area contributed by atoms with Gasteiger partial charge in [-0.2, -0.15) is 0 Å². The molecule has 1 spiro atoms. The molecule has 0 aliphatic carbocycles. The van der Waals surface area contributed by atoms with Crippen LogP contribution in [0, 0.1) is 17.0 Å². The van der Waals surface area contributed by atoms with Gasteiger partial charge in [0.2, 0.25) is 17.7 Å². The Balaban J connectivity index is 0.669. The molecule has 4 saturated heterocycles. The van der Waals surface area contributed by atoms with Gasteiger partial charge in [-0.25, -0.2) is 18.7 Å². The van der Waals surface area contributed by atoms with Crippen molar-refractivity contribution >= 4 is 63.1 Å². The van der Waals surface area contributed by atoms with E-state index in [1.54, 1.807) is 36.1 Å². The van der Waals surface area contributed by atoms with E-state index in [0.717, 1.165) is 62.3 Å². The third-order valence-corrected chi connectivity index (χ3v) is 15.8. The van der Waals surface area contributed by atoms with Gasteiger partial charge in [-0.15, -0.1) is 11.3 Å². The number of piperidine rings is 3. The Labute approximate surface area is 400 Å². The number of hydrogen-bond donors (Lipinski definition) is 4. The number of carbonyl (C=O) groups is 5. The summed E-state index contributed by atoms with van der Waals surface area (Å²) in [6, 6.07) is 14.1.